The van der Waals surface area contributed by atoms with Crippen molar-refractivity contribution in [2.24, 2.45) is 0 Å². The maximum absolute atomic E-state index is 12.7. The molecule has 0 unspecified atom stereocenters. The summed E-state index contributed by atoms with van der Waals surface area (Å²) in [5.74, 6) is 0.468. The lowest BCUT2D eigenvalue weighted by atomic mass is 10.1. The summed E-state index contributed by atoms with van der Waals surface area (Å²) in [4.78, 5) is 29.4. The van der Waals surface area contributed by atoms with E-state index in [2.05, 4.69) is 10.2 Å². The molecule has 0 aromatic heterocycles. The monoisotopic (exact) mass is 407 g/mol. The minimum atomic E-state index is -0.166. The van der Waals surface area contributed by atoms with Gasteiger partial charge in [0.05, 0.1) is 5.69 Å². The lowest BCUT2D eigenvalue weighted by molar-refractivity contribution is -0.121. The molecule has 2 aromatic carbocycles. The van der Waals surface area contributed by atoms with E-state index in [-0.39, 0.29) is 18.4 Å². The Morgan fingerprint density at radius 1 is 1.00 bits per heavy atom. The molecule has 0 radical (unpaired) electrons. The molecule has 2 aromatic rings. The smallest absolute Gasteiger partial charge is 0.265 e. The number of likely N-dealkylation sites (tertiary alicyclic amines) is 1. The number of ether oxygens (including phenoxy) is 1. The van der Waals surface area contributed by atoms with E-state index < -0.39 is 0 Å². The van der Waals surface area contributed by atoms with Crippen molar-refractivity contribution in [3.8, 4) is 5.75 Å². The van der Waals surface area contributed by atoms with Crippen LogP contribution in [0.1, 0.15) is 40.7 Å². The Labute approximate surface area is 177 Å². The van der Waals surface area contributed by atoms with Gasteiger partial charge in [-0.3, -0.25) is 9.59 Å². The molecule has 0 atom stereocenters. The number of hydrogen-bond donors (Lipinski definition) is 1. The Balaban J connectivity index is 1.50. The van der Waals surface area contributed by atoms with Crippen molar-refractivity contribution in [2.75, 3.05) is 43.0 Å². The quantitative estimate of drug-likeness (QED) is 0.820. The van der Waals surface area contributed by atoms with Crippen LogP contribution in [0.5, 0.6) is 5.75 Å². The van der Waals surface area contributed by atoms with Crippen LogP contribution in [0.15, 0.2) is 36.4 Å². The molecule has 0 aliphatic carbocycles. The molecule has 0 bridgehead atoms. The number of carbonyl (C=O) groups is 2. The fourth-order valence-electron chi connectivity index (χ4n) is 4.04. The predicted molar refractivity (Wildman–Crippen MR) is 118 cm³/mol. The third kappa shape index (κ3) is 4.49. The van der Waals surface area contributed by atoms with E-state index in [4.69, 9.17) is 4.74 Å². The highest BCUT2D eigenvalue weighted by molar-refractivity contribution is 6.05. The lowest BCUT2D eigenvalue weighted by Gasteiger charge is -2.33. The molecule has 6 heteroatoms. The molecule has 6 nitrogen and oxygen atoms in total. The van der Waals surface area contributed by atoms with Crippen molar-refractivity contribution in [2.45, 2.75) is 33.1 Å². The highest BCUT2D eigenvalue weighted by Crippen LogP contribution is 2.34. The van der Waals surface area contributed by atoms with Crippen LogP contribution < -0.4 is 15.0 Å². The molecule has 0 spiro atoms. The van der Waals surface area contributed by atoms with Gasteiger partial charge < -0.3 is 19.9 Å². The maximum atomic E-state index is 12.7. The molecule has 2 heterocycles. The van der Waals surface area contributed by atoms with Gasteiger partial charge in [-0.1, -0.05) is 12.5 Å². The molecule has 2 aliphatic rings. The Bertz CT molecular complexity index is 951. The first-order valence-electron chi connectivity index (χ1n) is 10.7. The van der Waals surface area contributed by atoms with Gasteiger partial charge in [0, 0.05) is 24.3 Å². The highest BCUT2D eigenvalue weighted by Gasteiger charge is 2.26. The molecule has 2 aliphatic heterocycles. The van der Waals surface area contributed by atoms with Gasteiger partial charge in [0.2, 0.25) is 0 Å². The number of fused-ring (bicyclic) bond motifs is 1. The fraction of sp³-hybridized carbons (Fsp3) is 0.417. The first-order chi connectivity index (χ1) is 14.5. The molecule has 1 fully saturated rings. The second-order valence-electron chi connectivity index (χ2n) is 8.17. The number of amides is 2. The average Bonchev–Trinajstić information content (AvgIpc) is 2.75. The van der Waals surface area contributed by atoms with E-state index in [1.807, 2.05) is 50.2 Å². The van der Waals surface area contributed by atoms with Crippen molar-refractivity contribution >= 4 is 23.2 Å². The summed E-state index contributed by atoms with van der Waals surface area (Å²) < 4.78 is 5.61. The van der Waals surface area contributed by atoms with Gasteiger partial charge in [-0.15, -0.1) is 0 Å². The molecule has 4 rings (SSSR count). The van der Waals surface area contributed by atoms with Crippen molar-refractivity contribution in [3.63, 3.8) is 0 Å². The average molecular weight is 408 g/mol. The van der Waals surface area contributed by atoms with Gasteiger partial charge in [0.15, 0.2) is 6.61 Å². The molecule has 30 heavy (non-hydrogen) atoms. The summed E-state index contributed by atoms with van der Waals surface area (Å²) >= 11 is 0. The molecule has 0 saturated carbocycles. The Morgan fingerprint density at radius 3 is 2.57 bits per heavy atom. The van der Waals surface area contributed by atoms with Crippen LogP contribution in [0.3, 0.4) is 0 Å². The second-order valence-corrected chi connectivity index (χ2v) is 8.17. The lowest BCUT2D eigenvalue weighted by Crippen LogP contribution is -2.44. The van der Waals surface area contributed by atoms with Gasteiger partial charge >= 0.3 is 0 Å². The van der Waals surface area contributed by atoms with Crippen LogP contribution in [0, 0.1) is 13.8 Å². The Morgan fingerprint density at radius 2 is 1.80 bits per heavy atom. The SMILES string of the molecule is Cc1ccc(C(=O)Nc2ccc3c(c2)N(CCN2CCCCC2)C(=O)CO3)cc1C. The van der Waals surface area contributed by atoms with Crippen molar-refractivity contribution in [1.82, 2.24) is 4.90 Å². The van der Waals surface area contributed by atoms with E-state index in [0.29, 0.717) is 23.5 Å². The molecule has 2 amide bonds. The maximum Gasteiger partial charge on any atom is 0.265 e. The van der Waals surface area contributed by atoms with Gasteiger partial charge in [-0.05, 0) is 81.2 Å². The summed E-state index contributed by atoms with van der Waals surface area (Å²) in [5.41, 5.74) is 4.22. The number of rotatable bonds is 5. The van der Waals surface area contributed by atoms with Gasteiger partial charge in [-0.25, -0.2) is 0 Å². The minimum Gasteiger partial charge on any atom is -0.482 e. The highest BCUT2D eigenvalue weighted by atomic mass is 16.5. The third-order valence-corrected chi connectivity index (χ3v) is 6.02. The van der Waals surface area contributed by atoms with Crippen LogP contribution in [0.2, 0.25) is 0 Å². The summed E-state index contributed by atoms with van der Waals surface area (Å²) in [6.07, 6.45) is 3.74. The second kappa shape index (κ2) is 8.88. The number of hydrogen-bond acceptors (Lipinski definition) is 4. The number of piperidine rings is 1. The van der Waals surface area contributed by atoms with Crippen molar-refractivity contribution in [1.29, 1.82) is 0 Å². The minimum absolute atomic E-state index is 0.0443. The summed E-state index contributed by atoms with van der Waals surface area (Å²) in [5, 5.41) is 2.95. The zero-order chi connectivity index (χ0) is 21.1. The molecule has 1 N–H and O–H groups in total. The standard InChI is InChI=1S/C24H29N3O3/c1-17-6-7-19(14-18(17)2)24(29)25-20-8-9-22-21(15-20)27(23(28)16-30-22)13-12-26-10-4-3-5-11-26/h6-9,14-15H,3-5,10-13,16H2,1-2H3,(H,25,29). The fourth-order valence-corrected chi connectivity index (χ4v) is 4.04. The van der Waals surface area contributed by atoms with Crippen LogP contribution in [0.4, 0.5) is 11.4 Å². The topological polar surface area (TPSA) is 61.9 Å². The molecular formula is C24H29N3O3. The number of aryl methyl sites for hydroxylation is 2. The van der Waals surface area contributed by atoms with E-state index in [0.717, 1.165) is 36.4 Å². The van der Waals surface area contributed by atoms with E-state index in [1.165, 1.54) is 19.3 Å². The summed E-state index contributed by atoms with van der Waals surface area (Å²) in [6, 6.07) is 11.1. The molecular weight excluding hydrogens is 378 g/mol. The van der Waals surface area contributed by atoms with Crippen LogP contribution >= 0.6 is 0 Å². The van der Waals surface area contributed by atoms with Crippen LogP contribution in [-0.4, -0.2) is 49.5 Å². The zero-order valence-electron chi connectivity index (χ0n) is 17.7. The zero-order valence-corrected chi connectivity index (χ0v) is 17.7. The van der Waals surface area contributed by atoms with Crippen molar-refractivity contribution in [3.05, 3.63) is 53.1 Å². The predicted octanol–water partition coefficient (Wildman–Crippen LogP) is 3.77. The van der Waals surface area contributed by atoms with Gasteiger partial charge in [-0.2, -0.15) is 0 Å². The number of nitrogens with zero attached hydrogens (tertiary/aromatic N) is 2. The van der Waals surface area contributed by atoms with Crippen molar-refractivity contribution < 1.29 is 14.3 Å². The van der Waals surface area contributed by atoms with Crippen LogP contribution in [-0.2, 0) is 4.79 Å². The van der Waals surface area contributed by atoms with E-state index in [9.17, 15) is 9.59 Å². The molecule has 158 valence electrons. The van der Waals surface area contributed by atoms with Gasteiger partial charge in [0.25, 0.3) is 11.8 Å². The number of carbonyl (C=O) groups excluding carboxylic acids is 2. The Hall–Kier alpha value is -2.86. The normalized spacial score (nSPS) is 16.7. The Kier molecular flexibility index (Phi) is 6.04. The molecule has 1 saturated heterocycles. The number of anilines is 2. The van der Waals surface area contributed by atoms with Crippen LogP contribution in [0.25, 0.3) is 0 Å². The third-order valence-electron chi connectivity index (χ3n) is 6.02. The van der Waals surface area contributed by atoms with E-state index in [1.54, 1.807) is 4.90 Å². The number of benzene rings is 2. The number of nitrogens with one attached hydrogen (secondary N) is 1. The van der Waals surface area contributed by atoms with Gasteiger partial charge in [0.1, 0.15) is 5.75 Å². The van der Waals surface area contributed by atoms with E-state index >= 15 is 0 Å². The summed E-state index contributed by atoms with van der Waals surface area (Å²) in [6.45, 7) is 7.74. The summed E-state index contributed by atoms with van der Waals surface area (Å²) in [7, 11) is 0. The first kappa shape index (κ1) is 20.4. The largest absolute Gasteiger partial charge is 0.482 e. The first-order valence-corrected chi connectivity index (χ1v) is 10.7.